The first-order valence-electron chi connectivity index (χ1n) is 9.77. The molecule has 144 valence electrons. The van der Waals surface area contributed by atoms with Gasteiger partial charge < -0.3 is 10.0 Å². The van der Waals surface area contributed by atoms with Gasteiger partial charge in [-0.3, -0.25) is 0 Å². The molecule has 0 amide bonds. The van der Waals surface area contributed by atoms with Crippen molar-refractivity contribution >= 4 is 17.7 Å². The topological polar surface area (TPSA) is 23.5 Å². The van der Waals surface area contributed by atoms with E-state index in [0.717, 1.165) is 42.0 Å². The molecule has 2 nitrogen and oxygen atoms in total. The SMILES string of the molecule is Cc1ccccc1CC1(O)C(=Cc2ccc(Cl)cc2)CCCC1CN(C)C. The Bertz CT molecular complexity index is 796. The fraction of sp³-hybridized carbons (Fsp3) is 0.417. The Kier molecular flexibility index (Phi) is 6.41. The van der Waals surface area contributed by atoms with Crippen molar-refractivity contribution in [2.45, 2.75) is 38.2 Å². The molecule has 0 heterocycles. The molecular formula is C24H30ClNO. The monoisotopic (exact) mass is 383 g/mol. The van der Waals surface area contributed by atoms with Crippen molar-refractivity contribution < 1.29 is 5.11 Å². The van der Waals surface area contributed by atoms with Crippen LogP contribution >= 0.6 is 11.6 Å². The molecule has 1 N–H and O–H groups in total. The molecule has 2 aromatic carbocycles. The standard InChI is InChI=1S/C24H30ClNO/c1-18-7-4-5-8-20(18)16-24(27)21(9-6-10-22(24)17-26(2)3)15-19-11-13-23(25)14-12-19/h4-5,7-8,11-15,22,27H,6,9-10,16-17H2,1-3H3. The highest BCUT2D eigenvalue weighted by atomic mass is 35.5. The second kappa shape index (κ2) is 8.60. The summed E-state index contributed by atoms with van der Waals surface area (Å²) in [5, 5.41) is 12.7. The molecule has 0 spiro atoms. The van der Waals surface area contributed by atoms with E-state index in [-0.39, 0.29) is 5.92 Å². The van der Waals surface area contributed by atoms with Gasteiger partial charge >= 0.3 is 0 Å². The summed E-state index contributed by atoms with van der Waals surface area (Å²) in [5.74, 6) is 0.222. The molecule has 3 heteroatoms. The minimum Gasteiger partial charge on any atom is -0.385 e. The molecule has 0 bridgehead atoms. The van der Waals surface area contributed by atoms with Gasteiger partial charge in [0.2, 0.25) is 0 Å². The van der Waals surface area contributed by atoms with E-state index < -0.39 is 5.60 Å². The highest BCUT2D eigenvalue weighted by Crippen LogP contribution is 2.42. The van der Waals surface area contributed by atoms with Crippen LogP contribution in [0.25, 0.3) is 6.08 Å². The zero-order valence-corrected chi connectivity index (χ0v) is 17.3. The first-order valence-corrected chi connectivity index (χ1v) is 10.1. The molecule has 2 unspecified atom stereocenters. The van der Waals surface area contributed by atoms with Crippen molar-refractivity contribution in [2.24, 2.45) is 5.92 Å². The Hall–Kier alpha value is -1.61. The molecule has 2 aromatic rings. The quantitative estimate of drug-likeness (QED) is 0.750. The van der Waals surface area contributed by atoms with Gasteiger partial charge in [0.15, 0.2) is 0 Å². The van der Waals surface area contributed by atoms with Crippen LogP contribution in [0.1, 0.15) is 36.0 Å². The maximum atomic E-state index is 12.0. The number of hydrogen-bond donors (Lipinski definition) is 1. The van der Waals surface area contributed by atoms with Crippen LogP contribution in [0.5, 0.6) is 0 Å². The minimum atomic E-state index is -0.825. The predicted octanol–water partition coefficient (Wildman–Crippen LogP) is 5.37. The van der Waals surface area contributed by atoms with Crippen molar-refractivity contribution in [3.63, 3.8) is 0 Å². The van der Waals surface area contributed by atoms with E-state index in [1.807, 2.05) is 24.3 Å². The lowest BCUT2D eigenvalue weighted by Gasteiger charge is -2.44. The van der Waals surface area contributed by atoms with Crippen LogP contribution < -0.4 is 0 Å². The number of rotatable bonds is 5. The molecule has 0 saturated heterocycles. The maximum absolute atomic E-state index is 12.0. The number of aryl methyl sites for hydroxylation is 1. The number of hydrogen-bond acceptors (Lipinski definition) is 2. The Balaban J connectivity index is 2.01. The van der Waals surface area contributed by atoms with Gasteiger partial charge in [-0.15, -0.1) is 0 Å². The average Bonchev–Trinajstić information content (AvgIpc) is 2.62. The average molecular weight is 384 g/mol. The largest absolute Gasteiger partial charge is 0.385 e. The molecule has 2 atom stereocenters. The van der Waals surface area contributed by atoms with Crippen LogP contribution in [-0.4, -0.2) is 36.2 Å². The molecule has 1 saturated carbocycles. The molecule has 1 aliphatic rings. The van der Waals surface area contributed by atoms with Crippen molar-refractivity contribution in [3.05, 3.63) is 75.8 Å². The smallest absolute Gasteiger partial charge is 0.0940 e. The van der Waals surface area contributed by atoms with Gasteiger partial charge in [-0.05, 0) is 74.7 Å². The number of benzene rings is 2. The van der Waals surface area contributed by atoms with Crippen LogP contribution in [-0.2, 0) is 6.42 Å². The van der Waals surface area contributed by atoms with E-state index >= 15 is 0 Å². The van der Waals surface area contributed by atoms with E-state index in [2.05, 4.69) is 56.3 Å². The summed E-state index contributed by atoms with van der Waals surface area (Å²) in [7, 11) is 4.18. The van der Waals surface area contributed by atoms with Crippen molar-refractivity contribution in [1.82, 2.24) is 4.90 Å². The molecule has 1 fully saturated rings. The van der Waals surface area contributed by atoms with Gasteiger partial charge in [-0.1, -0.05) is 54.1 Å². The fourth-order valence-corrected chi connectivity index (χ4v) is 4.38. The van der Waals surface area contributed by atoms with E-state index in [1.54, 1.807) is 0 Å². The first-order chi connectivity index (χ1) is 12.9. The summed E-state index contributed by atoms with van der Waals surface area (Å²) in [4.78, 5) is 2.19. The van der Waals surface area contributed by atoms with Crippen molar-refractivity contribution in [3.8, 4) is 0 Å². The number of halogens is 1. The third-order valence-electron chi connectivity index (χ3n) is 5.75. The first kappa shape index (κ1) is 20.1. The summed E-state index contributed by atoms with van der Waals surface area (Å²) in [6.45, 7) is 3.02. The normalized spacial score (nSPS) is 24.5. The number of aliphatic hydroxyl groups is 1. The summed E-state index contributed by atoms with van der Waals surface area (Å²) in [5.41, 5.74) is 3.89. The second-order valence-electron chi connectivity index (χ2n) is 8.10. The van der Waals surface area contributed by atoms with Crippen LogP contribution in [0.4, 0.5) is 0 Å². The van der Waals surface area contributed by atoms with Crippen LogP contribution in [0.2, 0.25) is 5.02 Å². The Morgan fingerprint density at radius 1 is 1.15 bits per heavy atom. The van der Waals surface area contributed by atoms with Crippen LogP contribution in [0.3, 0.4) is 0 Å². The minimum absolute atomic E-state index is 0.222. The van der Waals surface area contributed by atoms with Crippen molar-refractivity contribution in [2.75, 3.05) is 20.6 Å². The summed E-state index contributed by atoms with van der Waals surface area (Å²) < 4.78 is 0. The highest BCUT2D eigenvalue weighted by molar-refractivity contribution is 6.30. The van der Waals surface area contributed by atoms with Gasteiger partial charge in [0.1, 0.15) is 0 Å². The predicted molar refractivity (Wildman–Crippen MR) is 115 cm³/mol. The Labute approximate surface area is 168 Å². The molecule has 0 aromatic heterocycles. The lowest BCUT2D eigenvalue weighted by Crippen LogP contribution is -2.48. The molecule has 0 aliphatic heterocycles. The lowest BCUT2D eigenvalue weighted by atomic mass is 9.68. The summed E-state index contributed by atoms with van der Waals surface area (Å²) in [6.07, 6.45) is 5.95. The van der Waals surface area contributed by atoms with Crippen LogP contribution in [0.15, 0.2) is 54.1 Å². The second-order valence-corrected chi connectivity index (χ2v) is 8.54. The van der Waals surface area contributed by atoms with E-state index in [0.29, 0.717) is 6.42 Å². The zero-order chi connectivity index (χ0) is 19.4. The highest BCUT2D eigenvalue weighted by Gasteiger charge is 2.42. The molecule has 27 heavy (non-hydrogen) atoms. The zero-order valence-electron chi connectivity index (χ0n) is 16.6. The third kappa shape index (κ3) is 4.82. The molecular weight excluding hydrogens is 354 g/mol. The summed E-state index contributed by atoms with van der Waals surface area (Å²) in [6, 6.07) is 16.3. The molecule has 1 aliphatic carbocycles. The maximum Gasteiger partial charge on any atom is 0.0940 e. The van der Waals surface area contributed by atoms with Crippen molar-refractivity contribution in [1.29, 1.82) is 0 Å². The fourth-order valence-electron chi connectivity index (χ4n) is 4.25. The summed E-state index contributed by atoms with van der Waals surface area (Å²) >= 11 is 6.04. The molecule has 0 radical (unpaired) electrons. The van der Waals surface area contributed by atoms with Crippen LogP contribution in [0, 0.1) is 12.8 Å². The van der Waals surface area contributed by atoms with E-state index in [1.165, 1.54) is 11.1 Å². The van der Waals surface area contributed by atoms with Gasteiger partial charge in [-0.25, -0.2) is 0 Å². The van der Waals surface area contributed by atoms with Gasteiger partial charge in [0.25, 0.3) is 0 Å². The number of nitrogens with zero attached hydrogens (tertiary/aromatic N) is 1. The van der Waals surface area contributed by atoms with Gasteiger partial charge in [0.05, 0.1) is 5.60 Å². The van der Waals surface area contributed by atoms with E-state index in [4.69, 9.17) is 11.6 Å². The molecule has 3 rings (SSSR count). The van der Waals surface area contributed by atoms with E-state index in [9.17, 15) is 5.11 Å². The lowest BCUT2D eigenvalue weighted by molar-refractivity contribution is -0.0124. The van der Waals surface area contributed by atoms with Gasteiger partial charge in [0, 0.05) is 23.9 Å². The Morgan fingerprint density at radius 3 is 2.52 bits per heavy atom. The third-order valence-corrected chi connectivity index (χ3v) is 6.00. The van der Waals surface area contributed by atoms with Gasteiger partial charge in [-0.2, -0.15) is 0 Å². The Morgan fingerprint density at radius 2 is 1.85 bits per heavy atom.